The van der Waals surface area contributed by atoms with E-state index in [1.807, 2.05) is 19.1 Å². The highest BCUT2D eigenvalue weighted by molar-refractivity contribution is 5.72. The van der Waals surface area contributed by atoms with E-state index in [4.69, 9.17) is 4.74 Å². The predicted molar refractivity (Wildman–Crippen MR) is 91.1 cm³/mol. The van der Waals surface area contributed by atoms with Gasteiger partial charge in [-0.2, -0.15) is 5.26 Å². The number of anilines is 1. The van der Waals surface area contributed by atoms with Gasteiger partial charge in [0.2, 0.25) is 0 Å². The minimum atomic E-state index is -0.834. The van der Waals surface area contributed by atoms with Crippen molar-refractivity contribution in [1.82, 2.24) is 0 Å². The minimum absolute atomic E-state index is 0.00999. The first kappa shape index (κ1) is 16.8. The molecule has 24 heavy (non-hydrogen) atoms. The average molecular weight is 328 g/mol. The van der Waals surface area contributed by atoms with Crippen LogP contribution in [-0.2, 0) is 9.53 Å². The SMILES string of the molecule is CCC[C@]1(CC(=O)O)OCCCC2c3c(C#N)ccc(C)c3NC21. The van der Waals surface area contributed by atoms with Gasteiger partial charge in [-0.1, -0.05) is 19.4 Å². The van der Waals surface area contributed by atoms with Crippen molar-refractivity contribution < 1.29 is 14.6 Å². The van der Waals surface area contributed by atoms with Crippen LogP contribution in [-0.4, -0.2) is 29.3 Å². The number of carbonyl (C=O) groups is 1. The summed E-state index contributed by atoms with van der Waals surface area (Å²) in [7, 11) is 0. The molecule has 0 amide bonds. The van der Waals surface area contributed by atoms with Crippen LogP contribution in [0.2, 0.25) is 0 Å². The lowest BCUT2D eigenvalue weighted by atomic mass is 9.77. The standard InChI is InChI=1S/C19H24N2O3/c1-3-8-19(10-15(22)23)18-14(5-4-9-24-19)16-13(11-20)7-6-12(2)17(16)21-18/h6-7,14,18,21H,3-5,8-10H2,1-2H3,(H,22,23)/t14?,18?,19-/m1/s1. The highest BCUT2D eigenvalue weighted by Gasteiger charge is 2.51. The number of nitrogens with one attached hydrogen (secondary N) is 1. The Kier molecular flexibility index (Phi) is 4.51. The van der Waals surface area contributed by atoms with Crippen molar-refractivity contribution >= 4 is 11.7 Å². The number of hydrogen-bond acceptors (Lipinski definition) is 4. The highest BCUT2D eigenvalue weighted by atomic mass is 16.5. The molecule has 2 aliphatic rings. The number of aliphatic carboxylic acids is 1. The zero-order valence-corrected chi connectivity index (χ0v) is 14.3. The molecule has 128 valence electrons. The van der Waals surface area contributed by atoms with Crippen LogP contribution in [0.15, 0.2) is 12.1 Å². The van der Waals surface area contributed by atoms with Gasteiger partial charge in [0.05, 0.1) is 29.7 Å². The van der Waals surface area contributed by atoms with E-state index >= 15 is 0 Å². The summed E-state index contributed by atoms with van der Waals surface area (Å²) < 4.78 is 6.17. The highest BCUT2D eigenvalue weighted by Crippen LogP contribution is 2.50. The molecule has 5 nitrogen and oxygen atoms in total. The van der Waals surface area contributed by atoms with Gasteiger partial charge in [0.1, 0.15) is 0 Å². The van der Waals surface area contributed by atoms with Gasteiger partial charge >= 0.3 is 5.97 Å². The number of fused-ring (bicyclic) bond motifs is 3. The van der Waals surface area contributed by atoms with Crippen molar-refractivity contribution in [2.75, 3.05) is 11.9 Å². The Morgan fingerprint density at radius 2 is 2.33 bits per heavy atom. The van der Waals surface area contributed by atoms with Crippen LogP contribution in [0, 0.1) is 18.3 Å². The average Bonchev–Trinajstić information content (AvgIpc) is 2.85. The van der Waals surface area contributed by atoms with Gasteiger partial charge in [0, 0.05) is 18.2 Å². The van der Waals surface area contributed by atoms with Crippen LogP contribution < -0.4 is 5.32 Å². The van der Waals surface area contributed by atoms with Crippen LogP contribution in [0.5, 0.6) is 0 Å². The zero-order chi connectivity index (χ0) is 17.3. The molecule has 3 atom stereocenters. The van der Waals surface area contributed by atoms with Crippen LogP contribution >= 0.6 is 0 Å². The van der Waals surface area contributed by atoms with Crippen LogP contribution in [0.1, 0.15) is 61.6 Å². The van der Waals surface area contributed by atoms with Crippen molar-refractivity contribution in [1.29, 1.82) is 5.26 Å². The van der Waals surface area contributed by atoms with Crippen molar-refractivity contribution in [3.8, 4) is 6.07 Å². The molecule has 2 heterocycles. The molecule has 0 bridgehead atoms. The van der Waals surface area contributed by atoms with E-state index < -0.39 is 11.6 Å². The van der Waals surface area contributed by atoms with Gasteiger partial charge < -0.3 is 15.2 Å². The molecule has 1 saturated heterocycles. The quantitative estimate of drug-likeness (QED) is 0.883. The lowest BCUT2D eigenvalue weighted by molar-refractivity contribution is -0.147. The van der Waals surface area contributed by atoms with E-state index in [0.29, 0.717) is 18.6 Å². The summed E-state index contributed by atoms with van der Waals surface area (Å²) in [5.41, 5.74) is 3.12. The summed E-state index contributed by atoms with van der Waals surface area (Å²) in [6.45, 7) is 4.66. The maximum atomic E-state index is 11.6. The molecule has 1 aromatic carbocycles. The van der Waals surface area contributed by atoms with Crippen molar-refractivity contribution in [3.05, 3.63) is 28.8 Å². The van der Waals surface area contributed by atoms with Gasteiger partial charge in [0.25, 0.3) is 0 Å². The summed E-state index contributed by atoms with van der Waals surface area (Å²) in [5, 5.41) is 22.6. The molecule has 0 aliphatic carbocycles. The molecule has 2 aliphatic heterocycles. The van der Waals surface area contributed by atoms with Crippen molar-refractivity contribution in [3.63, 3.8) is 0 Å². The first-order valence-electron chi connectivity index (χ1n) is 8.68. The second-order valence-electron chi connectivity index (χ2n) is 6.93. The van der Waals surface area contributed by atoms with E-state index in [-0.39, 0.29) is 18.4 Å². The Morgan fingerprint density at radius 3 is 3.00 bits per heavy atom. The topological polar surface area (TPSA) is 82.3 Å². The van der Waals surface area contributed by atoms with Crippen LogP contribution in [0.3, 0.4) is 0 Å². The van der Waals surface area contributed by atoms with E-state index in [2.05, 4.69) is 18.3 Å². The first-order valence-corrected chi connectivity index (χ1v) is 8.68. The maximum Gasteiger partial charge on any atom is 0.306 e. The van der Waals surface area contributed by atoms with Gasteiger partial charge in [-0.25, -0.2) is 0 Å². The number of carboxylic acids is 1. The first-order chi connectivity index (χ1) is 11.5. The second-order valence-corrected chi connectivity index (χ2v) is 6.93. The molecule has 3 rings (SSSR count). The number of aryl methyl sites for hydroxylation is 1. The lowest BCUT2D eigenvalue weighted by Gasteiger charge is -2.39. The third-order valence-electron chi connectivity index (χ3n) is 5.39. The summed E-state index contributed by atoms with van der Waals surface area (Å²) in [6.07, 6.45) is 3.34. The number of benzene rings is 1. The van der Waals surface area contributed by atoms with Gasteiger partial charge in [-0.05, 0) is 43.4 Å². The molecule has 2 unspecified atom stereocenters. The molecular formula is C19H24N2O3. The van der Waals surface area contributed by atoms with E-state index in [9.17, 15) is 15.2 Å². The van der Waals surface area contributed by atoms with Crippen LogP contribution in [0.25, 0.3) is 0 Å². The Hall–Kier alpha value is -2.06. The Labute approximate surface area is 142 Å². The van der Waals surface area contributed by atoms with Crippen molar-refractivity contribution in [2.24, 2.45) is 0 Å². The Bertz CT molecular complexity index is 695. The van der Waals surface area contributed by atoms with Gasteiger partial charge in [-0.3, -0.25) is 4.79 Å². The van der Waals surface area contributed by atoms with E-state index in [1.165, 1.54) is 0 Å². The number of carboxylic acid groups (broad SMARTS) is 1. The van der Waals surface area contributed by atoms with Crippen molar-refractivity contribution in [2.45, 2.75) is 63.5 Å². The molecule has 0 radical (unpaired) electrons. The molecule has 1 fully saturated rings. The number of ether oxygens (including phenoxy) is 1. The Morgan fingerprint density at radius 1 is 1.54 bits per heavy atom. The molecule has 0 saturated carbocycles. The fraction of sp³-hybridized carbons (Fsp3) is 0.579. The molecule has 5 heteroatoms. The number of nitrogens with zero attached hydrogens (tertiary/aromatic N) is 1. The summed E-state index contributed by atoms with van der Waals surface area (Å²) >= 11 is 0. The minimum Gasteiger partial charge on any atom is -0.481 e. The maximum absolute atomic E-state index is 11.6. The number of rotatable bonds is 4. The summed E-state index contributed by atoms with van der Waals surface area (Å²) in [6, 6.07) is 6.04. The molecule has 0 aromatic heterocycles. The third-order valence-corrected chi connectivity index (χ3v) is 5.39. The molecule has 1 aromatic rings. The van der Waals surface area contributed by atoms with Crippen LogP contribution in [0.4, 0.5) is 5.69 Å². The van der Waals surface area contributed by atoms with E-state index in [0.717, 1.165) is 36.1 Å². The molecule has 0 spiro atoms. The summed E-state index contributed by atoms with van der Waals surface area (Å²) in [4.78, 5) is 11.6. The second kappa shape index (κ2) is 6.45. The normalized spacial score (nSPS) is 28.2. The zero-order valence-electron chi connectivity index (χ0n) is 14.3. The molecule has 2 N–H and O–H groups in total. The summed E-state index contributed by atoms with van der Waals surface area (Å²) in [5.74, 6) is -0.706. The smallest absolute Gasteiger partial charge is 0.306 e. The molecular weight excluding hydrogens is 304 g/mol. The van der Waals surface area contributed by atoms with Gasteiger partial charge in [0.15, 0.2) is 0 Å². The monoisotopic (exact) mass is 328 g/mol. The van der Waals surface area contributed by atoms with E-state index in [1.54, 1.807) is 0 Å². The Balaban J connectivity index is 2.11. The third kappa shape index (κ3) is 2.65. The fourth-order valence-electron chi connectivity index (χ4n) is 4.46. The fourth-order valence-corrected chi connectivity index (χ4v) is 4.46. The number of nitriles is 1. The van der Waals surface area contributed by atoms with Gasteiger partial charge in [-0.15, -0.1) is 0 Å². The predicted octanol–water partition coefficient (Wildman–Crippen LogP) is 3.57. The lowest BCUT2D eigenvalue weighted by Crippen LogP contribution is -2.50. The largest absolute Gasteiger partial charge is 0.481 e. The number of hydrogen-bond donors (Lipinski definition) is 2.